The van der Waals surface area contributed by atoms with Crippen LogP contribution in [0.5, 0.6) is 0 Å². The van der Waals surface area contributed by atoms with Crippen LogP contribution in [0.2, 0.25) is 0 Å². The number of hydrogen-bond acceptors (Lipinski definition) is 3. The summed E-state index contributed by atoms with van der Waals surface area (Å²) in [5.41, 5.74) is 2.98. The minimum absolute atomic E-state index is 0.0685. The average molecular weight is 445 g/mol. The van der Waals surface area contributed by atoms with Crippen molar-refractivity contribution in [3.63, 3.8) is 0 Å². The molecule has 3 aromatic rings. The van der Waals surface area contributed by atoms with E-state index in [4.69, 9.17) is 4.98 Å². The number of amides is 2. The summed E-state index contributed by atoms with van der Waals surface area (Å²) in [7, 11) is 0. The maximum Gasteiger partial charge on any atom is 0.243 e. The Labute approximate surface area is 195 Å². The third kappa shape index (κ3) is 6.31. The third-order valence-electron chi connectivity index (χ3n) is 6.09. The van der Waals surface area contributed by atoms with Gasteiger partial charge < -0.3 is 14.8 Å². The number of aryl methyl sites for hydroxylation is 1. The lowest BCUT2D eigenvalue weighted by molar-refractivity contribution is -0.130. The fourth-order valence-corrected chi connectivity index (χ4v) is 4.29. The molecule has 0 aliphatic carbocycles. The number of carbonyl (C=O) groups is 2. The van der Waals surface area contributed by atoms with Crippen molar-refractivity contribution in [3.05, 3.63) is 72.1 Å². The van der Waals surface area contributed by atoms with Gasteiger partial charge in [-0.2, -0.15) is 0 Å². The van der Waals surface area contributed by atoms with Crippen LogP contribution in [-0.2, 0) is 22.6 Å². The Kier molecular flexibility index (Phi) is 7.90. The monoisotopic (exact) mass is 444 g/mol. The van der Waals surface area contributed by atoms with E-state index in [0.29, 0.717) is 13.1 Å². The summed E-state index contributed by atoms with van der Waals surface area (Å²) in [6.07, 6.45) is 9.30. The first-order valence-corrected chi connectivity index (χ1v) is 11.9. The number of benzene rings is 2. The predicted octanol–water partition coefficient (Wildman–Crippen LogP) is 4.20. The number of fused-ring (bicyclic) bond motifs is 1. The summed E-state index contributed by atoms with van der Waals surface area (Å²) in [5.74, 6) is 1.09. The van der Waals surface area contributed by atoms with Crippen molar-refractivity contribution in [2.45, 2.75) is 45.1 Å². The zero-order valence-electron chi connectivity index (χ0n) is 19.1. The van der Waals surface area contributed by atoms with Gasteiger partial charge in [0, 0.05) is 32.1 Å². The van der Waals surface area contributed by atoms with Crippen molar-refractivity contribution in [2.75, 3.05) is 19.6 Å². The van der Waals surface area contributed by atoms with Crippen molar-refractivity contribution in [1.29, 1.82) is 0 Å². The molecule has 6 heteroatoms. The van der Waals surface area contributed by atoms with Crippen LogP contribution in [0.3, 0.4) is 0 Å². The molecule has 0 unspecified atom stereocenters. The number of nitrogens with one attached hydrogen (secondary N) is 1. The van der Waals surface area contributed by atoms with Gasteiger partial charge in [0.2, 0.25) is 11.8 Å². The van der Waals surface area contributed by atoms with Gasteiger partial charge >= 0.3 is 0 Å². The molecule has 4 rings (SSSR count). The fourth-order valence-electron chi connectivity index (χ4n) is 4.29. The van der Waals surface area contributed by atoms with Crippen molar-refractivity contribution in [1.82, 2.24) is 19.8 Å². The summed E-state index contributed by atoms with van der Waals surface area (Å²) >= 11 is 0. The van der Waals surface area contributed by atoms with Crippen molar-refractivity contribution in [2.24, 2.45) is 0 Å². The quantitative estimate of drug-likeness (QED) is 0.376. The molecule has 1 N–H and O–H groups in total. The SMILES string of the molecule is O=C(/C=C/c1ccccc1)NCCCCCc1nc2ccccc2n1CC(=O)N1CCCC1. The number of unbranched alkanes of at least 4 members (excludes halogenated alkanes) is 2. The molecule has 172 valence electrons. The van der Waals surface area contributed by atoms with Crippen LogP contribution < -0.4 is 5.32 Å². The molecule has 2 heterocycles. The molecule has 1 aliphatic heterocycles. The molecule has 1 aliphatic rings. The molecular weight excluding hydrogens is 412 g/mol. The lowest BCUT2D eigenvalue weighted by atomic mass is 10.2. The molecule has 0 radical (unpaired) electrons. The second-order valence-electron chi connectivity index (χ2n) is 8.54. The molecule has 0 saturated carbocycles. The van der Waals surface area contributed by atoms with Gasteiger partial charge in [-0.05, 0) is 49.5 Å². The Morgan fingerprint density at radius 3 is 2.52 bits per heavy atom. The highest BCUT2D eigenvalue weighted by molar-refractivity contribution is 5.91. The largest absolute Gasteiger partial charge is 0.353 e. The smallest absolute Gasteiger partial charge is 0.243 e. The minimum atomic E-state index is -0.0685. The summed E-state index contributed by atoms with van der Waals surface area (Å²) in [6, 6.07) is 17.8. The normalized spacial score (nSPS) is 13.8. The minimum Gasteiger partial charge on any atom is -0.353 e. The van der Waals surface area contributed by atoms with Crippen molar-refractivity contribution >= 4 is 28.9 Å². The molecular formula is C27H32N4O2. The van der Waals surface area contributed by atoms with E-state index in [1.165, 1.54) is 0 Å². The first kappa shape index (κ1) is 22.8. The van der Waals surface area contributed by atoms with E-state index in [0.717, 1.165) is 74.0 Å². The molecule has 2 amide bonds. The molecule has 6 nitrogen and oxygen atoms in total. The van der Waals surface area contributed by atoms with Crippen LogP contribution in [-0.4, -0.2) is 45.9 Å². The molecule has 0 bridgehead atoms. The highest BCUT2D eigenvalue weighted by atomic mass is 16.2. The average Bonchev–Trinajstić information content (AvgIpc) is 3.50. The number of hydrogen-bond donors (Lipinski definition) is 1. The van der Waals surface area contributed by atoms with Gasteiger partial charge in [0.1, 0.15) is 12.4 Å². The number of imidazole rings is 1. The standard InChI is InChI=1S/C27H32N4O2/c32-26(17-16-22-11-3-1-4-12-22)28-18-8-2-5-15-25-29-23-13-6-7-14-24(23)31(25)21-27(33)30-19-9-10-20-30/h1,3-4,6-7,11-14,16-17H,2,5,8-10,15,18-21H2,(H,28,32)/b17-16+. The number of para-hydroxylation sites is 2. The van der Waals surface area contributed by atoms with E-state index in [-0.39, 0.29) is 11.8 Å². The lowest BCUT2D eigenvalue weighted by Crippen LogP contribution is -2.31. The van der Waals surface area contributed by atoms with Crippen LogP contribution in [0.25, 0.3) is 17.1 Å². The Balaban J connectivity index is 1.24. The molecule has 0 spiro atoms. The predicted molar refractivity (Wildman–Crippen MR) is 132 cm³/mol. The van der Waals surface area contributed by atoms with Crippen LogP contribution in [0.15, 0.2) is 60.7 Å². The Morgan fingerprint density at radius 2 is 1.70 bits per heavy atom. The van der Waals surface area contributed by atoms with Gasteiger partial charge in [0.05, 0.1) is 11.0 Å². The maximum absolute atomic E-state index is 12.8. The molecule has 1 fully saturated rings. The molecule has 33 heavy (non-hydrogen) atoms. The Bertz CT molecular complexity index is 1100. The highest BCUT2D eigenvalue weighted by Crippen LogP contribution is 2.19. The van der Waals surface area contributed by atoms with E-state index in [1.54, 1.807) is 6.08 Å². The second-order valence-corrected chi connectivity index (χ2v) is 8.54. The van der Waals surface area contributed by atoms with Crippen molar-refractivity contribution < 1.29 is 9.59 Å². The maximum atomic E-state index is 12.8. The number of nitrogens with zero attached hydrogens (tertiary/aromatic N) is 3. The van der Waals surface area contributed by atoms with Gasteiger partial charge in [0.25, 0.3) is 0 Å². The fraction of sp³-hybridized carbons (Fsp3) is 0.370. The summed E-state index contributed by atoms with van der Waals surface area (Å²) in [5, 5.41) is 2.95. The zero-order valence-corrected chi connectivity index (χ0v) is 19.1. The number of rotatable bonds is 10. The first-order chi connectivity index (χ1) is 16.2. The highest BCUT2D eigenvalue weighted by Gasteiger charge is 2.20. The van der Waals surface area contributed by atoms with Gasteiger partial charge in [-0.25, -0.2) is 4.98 Å². The van der Waals surface area contributed by atoms with Gasteiger partial charge in [-0.3, -0.25) is 9.59 Å². The Hall–Kier alpha value is -3.41. The van der Waals surface area contributed by atoms with Crippen LogP contribution >= 0.6 is 0 Å². The van der Waals surface area contributed by atoms with E-state index in [2.05, 4.69) is 9.88 Å². The van der Waals surface area contributed by atoms with E-state index in [9.17, 15) is 9.59 Å². The first-order valence-electron chi connectivity index (χ1n) is 11.9. The van der Waals surface area contributed by atoms with E-state index in [1.807, 2.05) is 65.6 Å². The molecule has 2 aromatic carbocycles. The topological polar surface area (TPSA) is 67.2 Å². The second kappa shape index (κ2) is 11.5. The van der Waals surface area contributed by atoms with Crippen LogP contribution in [0, 0.1) is 0 Å². The lowest BCUT2D eigenvalue weighted by Gasteiger charge is -2.17. The molecule has 1 saturated heterocycles. The van der Waals surface area contributed by atoms with Crippen LogP contribution in [0.4, 0.5) is 0 Å². The third-order valence-corrected chi connectivity index (χ3v) is 6.09. The van der Waals surface area contributed by atoms with Crippen LogP contribution in [0.1, 0.15) is 43.5 Å². The summed E-state index contributed by atoms with van der Waals surface area (Å²) in [4.78, 5) is 31.5. The Morgan fingerprint density at radius 1 is 0.939 bits per heavy atom. The summed E-state index contributed by atoms with van der Waals surface area (Å²) in [6.45, 7) is 2.75. The van der Waals surface area contributed by atoms with Gasteiger partial charge in [0.15, 0.2) is 0 Å². The zero-order chi connectivity index (χ0) is 22.9. The van der Waals surface area contributed by atoms with E-state index < -0.39 is 0 Å². The molecule has 1 aromatic heterocycles. The van der Waals surface area contributed by atoms with Gasteiger partial charge in [-0.1, -0.05) is 48.9 Å². The van der Waals surface area contributed by atoms with E-state index >= 15 is 0 Å². The number of carbonyl (C=O) groups excluding carboxylic acids is 2. The molecule has 0 atom stereocenters. The van der Waals surface area contributed by atoms with Crippen molar-refractivity contribution in [3.8, 4) is 0 Å². The number of likely N-dealkylation sites (tertiary alicyclic amines) is 1. The van der Waals surface area contributed by atoms with Gasteiger partial charge in [-0.15, -0.1) is 0 Å². The number of aromatic nitrogens is 2. The summed E-state index contributed by atoms with van der Waals surface area (Å²) < 4.78 is 2.09.